The highest BCUT2D eigenvalue weighted by atomic mass is 16.5. The van der Waals surface area contributed by atoms with Crippen LogP contribution < -0.4 is 4.90 Å². The number of aryl methyl sites for hydroxylation is 1. The van der Waals surface area contributed by atoms with Gasteiger partial charge in [0.15, 0.2) is 5.82 Å². The summed E-state index contributed by atoms with van der Waals surface area (Å²) in [4.78, 5) is 26.1. The molecule has 29 heavy (non-hydrogen) atoms. The standard InChI is InChI=1S/C21H32N6O2/c1-4-29-20(28)17-6-5-9-25(13-17)14-18-23-21-22-16(3)12-19(27(21)24-18)26-10-7-15(2)8-11-26/h12,15,17H,4-11,13-14H2,1-3H3. The van der Waals surface area contributed by atoms with Crippen LogP contribution in [0.3, 0.4) is 0 Å². The Morgan fingerprint density at radius 1 is 1.21 bits per heavy atom. The van der Waals surface area contributed by atoms with Crippen LogP contribution in [0.4, 0.5) is 5.82 Å². The number of likely N-dealkylation sites (tertiary alicyclic amines) is 1. The summed E-state index contributed by atoms with van der Waals surface area (Å²) in [6.45, 7) is 11.0. The number of carbonyl (C=O) groups is 1. The SMILES string of the molecule is CCOC(=O)C1CCCN(Cc2nc3nc(C)cc(N4CCC(C)CC4)n3n2)C1. The van der Waals surface area contributed by atoms with Gasteiger partial charge in [-0.25, -0.2) is 4.98 Å². The van der Waals surface area contributed by atoms with Crippen LogP contribution in [0, 0.1) is 18.8 Å². The highest BCUT2D eigenvalue weighted by Crippen LogP contribution is 2.24. The van der Waals surface area contributed by atoms with Crippen LogP contribution in [0.5, 0.6) is 0 Å². The molecule has 0 radical (unpaired) electrons. The first-order valence-corrected chi connectivity index (χ1v) is 10.9. The molecule has 8 nitrogen and oxygen atoms in total. The Hall–Kier alpha value is -2.22. The number of nitrogens with zero attached hydrogens (tertiary/aromatic N) is 6. The van der Waals surface area contributed by atoms with Crippen LogP contribution in [0.25, 0.3) is 5.78 Å². The fourth-order valence-corrected chi connectivity index (χ4v) is 4.39. The van der Waals surface area contributed by atoms with Gasteiger partial charge in [0.05, 0.1) is 19.1 Å². The second kappa shape index (κ2) is 8.65. The van der Waals surface area contributed by atoms with Crippen molar-refractivity contribution in [3.05, 3.63) is 17.6 Å². The van der Waals surface area contributed by atoms with Crippen molar-refractivity contribution in [3.8, 4) is 0 Å². The van der Waals surface area contributed by atoms with Gasteiger partial charge < -0.3 is 9.64 Å². The van der Waals surface area contributed by atoms with Gasteiger partial charge in [-0.15, -0.1) is 5.10 Å². The Labute approximate surface area is 172 Å². The number of aromatic nitrogens is 4. The summed E-state index contributed by atoms with van der Waals surface area (Å²) < 4.78 is 7.11. The van der Waals surface area contributed by atoms with E-state index in [2.05, 4.69) is 27.8 Å². The van der Waals surface area contributed by atoms with Crippen LogP contribution in [0.1, 0.15) is 51.0 Å². The van der Waals surface area contributed by atoms with Crippen LogP contribution >= 0.6 is 0 Å². The van der Waals surface area contributed by atoms with Gasteiger partial charge in [0.2, 0.25) is 0 Å². The van der Waals surface area contributed by atoms with Crippen LogP contribution in [0.15, 0.2) is 6.07 Å². The van der Waals surface area contributed by atoms with E-state index in [1.165, 1.54) is 12.8 Å². The van der Waals surface area contributed by atoms with E-state index in [0.717, 1.165) is 55.7 Å². The minimum Gasteiger partial charge on any atom is -0.466 e. The number of hydrogen-bond acceptors (Lipinski definition) is 7. The summed E-state index contributed by atoms with van der Waals surface area (Å²) in [5, 5.41) is 4.79. The molecule has 8 heteroatoms. The molecule has 0 spiro atoms. The summed E-state index contributed by atoms with van der Waals surface area (Å²) in [6, 6.07) is 2.11. The lowest BCUT2D eigenvalue weighted by Gasteiger charge is -2.32. The molecule has 2 aliphatic heterocycles. The number of piperidine rings is 2. The van der Waals surface area contributed by atoms with E-state index in [4.69, 9.17) is 14.8 Å². The summed E-state index contributed by atoms with van der Waals surface area (Å²) >= 11 is 0. The van der Waals surface area contributed by atoms with E-state index in [1.54, 1.807) is 0 Å². The first-order chi connectivity index (χ1) is 14.0. The van der Waals surface area contributed by atoms with E-state index in [0.29, 0.717) is 25.5 Å². The van der Waals surface area contributed by atoms with Gasteiger partial charge >= 0.3 is 5.97 Å². The van der Waals surface area contributed by atoms with Crippen molar-refractivity contribution in [2.75, 3.05) is 37.7 Å². The van der Waals surface area contributed by atoms with Crippen LogP contribution in [-0.2, 0) is 16.1 Å². The number of rotatable bonds is 5. The van der Waals surface area contributed by atoms with E-state index in [9.17, 15) is 4.79 Å². The molecule has 158 valence electrons. The molecule has 2 aromatic rings. The Balaban J connectivity index is 1.51. The molecule has 2 aliphatic rings. The predicted molar refractivity (Wildman–Crippen MR) is 111 cm³/mol. The third-order valence-corrected chi connectivity index (χ3v) is 6.06. The summed E-state index contributed by atoms with van der Waals surface area (Å²) in [7, 11) is 0. The lowest BCUT2D eigenvalue weighted by atomic mass is 9.98. The van der Waals surface area contributed by atoms with E-state index >= 15 is 0 Å². The Bertz CT molecular complexity index is 858. The average Bonchev–Trinajstić information content (AvgIpc) is 3.10. The number of fused-ring (bicyclic) bond motifs is 1. The zero-order valence-electron chi connectivity index (χ0n) is 17.8. The third-order valence-electron chi connectivity index (χ3n) is 6.06. The second-order valence-electron chi connectivity index (χ2n) is 8.49. The number of carbonyl (C=O) groups excluding carboxylic acids is 1. The molecule has 0 amide bonds. The van der Waals surface area contributed by atoms with E-state index in [1.807, 2.05) is 18.4 Å². The molecule has 0 saturated carbocycles. The molecule has 0 bridgehead atoms. The molecule has 4 rings (SSSR count). The highest BCUT2D eigenvalue weighted by Gasteiger charge is 2.28. The molecule has 0 N–H and O–H groups in total. The summed E-state index contributed by atoms with van der Waals surface area (Å²) in [6.07, 6.45) is 4.29. The molecule has 1 unspecified atom stereocenters. The minimum atomic E-state index is -0.0842. The monoisotopic (exact) mass is 400 g/mol. The van der Waals surface area contributed by atoms with Crippen molar-refractivity contribution < 1.29 is 9.53 Å². The Morgan fingerprint density at radius 2 is 2.00 bits per heavy atom. The van der Waals surface area contributed by atoms with Gasteiger partial charge in [-0.1, -0.05) is 6.92 Å². The Morgan fingerprint density at radius 3 is 2.76 bits per heavy atom. The molecular weight excluding hydrogens is 368 g/mol. The van der Waals surface area contributed by atoms with Crippen molar-refractivity contribution in [3.63, 3.8) is 0 Å². The normalized spacial score (nSPS) is 21.6. The minimum absolute atomic E-state index is 0.0491. The van der Waals surface area contributed by atoms with Crippen molar-refractivity contribution in [1.29, 1.82) is 0 Å². The van der Waals surface area contributed by atoms with Gasteiger partial charge in [0.1, 0.15) is 5.82 Å². The zero-order chi connectivity index (χ0) is 20.4. The van der Waals surface area contributed by atoms with E-state index < -0.39 is 0 Å². The van der Waals surface area contributed by atoms with Crippen molar-refractivity contribution in [1.82, 2.24) is 24.5 Å². The number of ether oxygens (including phenoxy) is 1. The maximum absolute atomic E-state index is 12.1. The van der Waals surface area contributed by atoms with Crippen molar-refractivity contribution >= 4 is 17.6 Å². The lowest BCUT2D eigenvalue weighted by Crippen LogP contribution is -2.39. The zero-order valence-corrected chi connectivity index (χ0v) is 17.8. The largest absolute Gasteiger partial charge is 0.466 e. The molecule has 0 aromatic carbocycles. The number of hydrogen-bond donors (Lipinski definition) is 0. The third kappa shape index (κ3) is 4.52. The molecule has 2 aromatic heterocycles. The maximum Gasteiger partial charge on any atom is 0.310 e. The van der Waals surface area contributed by atoms with Gasteiger partial charge in [-0.05, 0) is 52.0 Å². The predicted octanol–water partition coefficient (Wildman–Crippen LogP) is 2.44. The maximum atomic E-state index is 12.1. The fourth-order valence-electron chi connectivity index (χ4n) is 4.39. The molecule has 2 fully saturated rings. The molecular formula is C21H32N6O2. The van der Waals surface area contributed by atoms with E-state index in [-0.39, 0.29) is 11.9 Å². The smallest absolute Gasteiger partial charge is 0.310 e. The Kier molecular flexibility index (Phi) is 5.99. The van der Waals surface area contributed by atoms with Gasteiger partial charge in [0, 0.05) is 31.4 Å². The number of esters is 1. The molecule has 4 heterocycles. The van der Waals surface area contributed by atoms with Crippen molar-refractivity contribution in [2.24, 2.45) is 11.8 Å². The highest BCUT2D eigenvalue weighted by molar-refractivity contribution is 5.72. The topological polar surface area (TPSA) is 75.9 Å². The van der Waals surface area contributed by atoms with Gasteiger partial charge in [-0.2, -0.15) is 9.50 Å². The van der Waals surface area contributed by atoms with Gasteiger partial charge in [0.25, 0.3) is 5.78 Å². The molecule has 0 aliphatic carbocycles. The van der Waals surface area contributed by atoms with Crippen LogP contribution in [-0.4, -0.2) is 63.2 Å². The van der Waals surface area contributed by atoms with Gasteiger partial charge in [-0.3, -0.25) is 9.69 Å². The molecule has 2 saturated heterocycles. The summed E-state index contributed by atoms with van der Waals surface area (Å²) in [5.41, 5.74) is 0.963. The fraction of sp³-hybridized carbons (Fsp3) is 0.714. The lowest BCUT2D eigenvalue weighted by molar-refractivity contribution is -0.150. The quantitative estimate of drug-likeness (QED) is 0.714. The van der Waals surface area contributed by atoms with Crippen LogP contribution in [0.2, 0.25) is 0 Å². The summed E-state index contributed by atoms with van der Waals surface area (Å²) in [5.74, 6) is 3.15. The average molecular weight is 401 g/mol. The first-order valence-electron chi connectivity index (χ1n) is 10.9. The first kappa shape index (κ1) is 20.1. The molecule has 1 atom stereocenters. The van der Waals surface area contributed by atoms with Crippen molar-refractivity contribution in [2.45, 2.75) is 53.0 Å². The second-order valence-corrected chi connectivity index (χ2v) is 8.49. The number of anilines is 1.